The minimum atomic E-state index is -0.284. The van der Waals surface area contributed by atoms with Crippen molar-refractivity contribution >= 4 is 6.21 Å². The Morgan fingerprint density at radius 3 is 2.55 bits per heavy atom. The molecule has 3 rings (SSSR count). The Kier molecular flexibility index (Phi) is 6.80. The van der Waals surface area contributed by atoms with E-state index >= 15 is 0 Å². The molecule has 0 saturated carbocycles. The molecule has 6 heteroatoms. The van der Waals surface area contributed by atoms with E-state index in [4.69, 9.17) is 19.6 Å². The van der Waals surface area contributed by atoms with Gasteiger partial charge in [-0.15, -0.1) is 0 Å². The van der Waals surface area contributed by atoms with Gasteiger partial charge < -0.3 is 14.3 Å². The highest BCUT2D eigenvalue weighted by atomic mass is 19.1. The van der Waals surface area contributed by atoms with Crippen molar-refractivity contribution in [3.63, 3.8) is 0 Å². The molecule has 0 fully saturated rings. The van der Waals surface area contributed by atoms with E-state index in [9.17, 15) is 4.39 Å². The first-order valence-corrected chi connectivity index (χ1v) is 8.88. The van der Waals surface area contributed by atoms with Gasteiger partial charge in [0.1, 0.15) is 19.0 Å². The Hall–Kier alpha value is -3.85. The summed E-state index contributed by atoms with van der Waals surface area (Å²) in [6.07, 6.45) is 1.56. The van der Waals surface area contributed by atoms with E-state index in [1.54, 1.807) is 49.7 Å². The second-order valence-corrected chi connectivity index (χ2v) is 6.10. The predicted octanol–water partition coefficient (Wildman–Crippen LogP) is 4.84. The summed E-state index contributed by atoms with van der Waals surface area (Å²) in [6, 6.07) is 20.8. The number of benzene rings is 3. The van der Waals surface area contributed by atoms with Crippen molar-refractivity contribution in [3.8, 4) is 17.6 Å². The average Bonchev–Trinajstić information content (AvgIpc) is 2.77. The summed E-state index contributed by atoms with van der Waals surface area (Å²) >= 11 is 0. The van der Waals surface area contributed by atoms with E-state index in [1.807, 2.05) is 18.2 Å². The monoisotopic (exact) mass is 390 g/mol. The summed E-state index contributed by atoms with van der Waals surface area (Å²) in [4.78, 5) is 5.30. The first-order valence-electron chi connectivity index (χ1n) is 8.88. The second-order valence-electron chi connectivity index (χ2n) is 6.10. The topological polar surface area (TPSA) is 63.8 Å². The number of hydrogen-bond donors (Lipinski definition) is 0. The van der Waals surface area contributed by atoms with E-state index in [1.165, 1.54) is 12.1 Å². The Morgan fingerprint density at radius 1 is 1.00 bits per heavy atom. The number of nitrogens with zero attached hydrogens (tertiary/aromatic N) is 2. The van der Waals surface area contributed by atoms with Crippen molar-refractivity contribution in [1.82, 2.24) is 0 Å². The van der Waals surface area contributed by atoms with E-state index in [2.05, 4.69) is 11.2 Å². The third-order valence-electron chi connectivity index (χ3n) is 4.13. The number of rotatable bonds is 8. The predicted molar refractivity (Wildman–Crippen MR) is 107 cm³/mol. The maximum Gasteiger partial charge on any atom is 0.161 e. The Morgan fingerprint density at radius 2 is 1.79 bits per heavy atom. The third kappa shape index (κ3) is 5.56. The number of hydrogen-bond acceptors (Lipinski definition) is 5. The molecule has 0 radical (unpaired) electrons. The van der Waals surface area contributed by atoms with E-state index < -0.39 is 0 Å². The molecule has 0 spiro atoms. The van der Waals surface area contributed by atoms with Crippen LogP contribution >= 0.6 is 0 Å². The first kappa shape index (κ1) is 19.9. The van der Waals surface area contributed by atoms with Crippen LogP contribution < -0.4 is 9.47 Å². The molecule has 0 N–H and O–H groups in total. The van der Waals surface area contributed by atoms with Crippen LogP contribution in [0, 0.1) is 17.1 Å². The smallest absolute Gasteiger partial charge is 0.161 e. The van der Waals surface area contributed by atoms with Crippen LogP contribution in [0.25, 0.3) is 0 Å². The molecule has 0 heterocycles. The molecule has 0 aliphatic rings. The lowest BCUT2D eigenvalue weighted by Crippen LogP contribution is -1.98. The summed E-state index contributed by atoms with van der Waals surface area (Å²) in [7, 11) is 1.55. The molecule has 5 nitrogen and oxygen atoms in total. The van der Waals surface area contributed by atoms with Crippen LogP contribution in [0.3, 0.4) is 0 Å². The SMILES string of the molecule is COc1cc(/C=N\OCc2ccccc2C#N)ccc1OCc1ccc(F)cc1. The van der Waals surface area contributed by atoms with Crippen molar-refractivity contribution in [2.45, 2.75) is 13.2 Å². The minimum Gasteiger partial charge on any atom is -0.493 e. The Labute approximate surface area is 168 Å². The molecule has 0 amide bonds. The fraction of sp³-hybridized carbons (Fsp3) is 0.130. The molecule has 3 aromatic rings. The highest BCUT2D eigenvalue weighted by Crippen LogP contribution is 2.28. The van der Waals surface area contributed by atoms with Gasteiger partial charge in [0.2, 0.25) is 0 Å². The van der Waals surface area contributed by atoms with E-state index in [0.29, 0.717) is 23.7 Å². The van der Waals surface area contributed by atoms with Gasteiger partial charge in [0.25, 0.3) is 0 Å². The molecule has 29 heavy (non-hydrogen) atoms. The summed E-state index contributed by atoms with van der Waals surface area (Å²) < 4.78 is 24.1. The van der Waals surface area contributed by atoms with Crippen LogP contribution in [-0.4, -0.2) is 13.3 Å². The van der Waals surface area contributed by atoms with Gasteiger partial charge >= 0.3 is 0 Å². The van der Waals surface area contributed by atoms with Crippen LogP contribution in [0.1, 0.15) is 22.3 Å². The molecule has 0 aromatic heterocycles. The van der Waals surface area contributed by atoms with Crippen molar-refractivity contribution in [3.05, 3.63) is 94.8 Å². The van der Waals surface area contributed by atoms with Crippen molar-refractivity contribution in [1.29, 1.82) is 5.26 Å². The van der Waals surface area contributed by atoms with Gasteiger partial charge in [-0.05, 0) is 42.0 Å². The first-order chi connectivity index (χ1) is 14.2. The molecular formula is C23H19FN2O3. The summed E-state index contributed by atoms with van der Waals surface area (Å²) in [5.41, 5.74) is 2.95. The van der Waals surface area contributed by atoms with Crippen molar-refractivity contribution in [2.75, 3.05) is 7.11 Å². The van der Waals surface area contributed by atoms with Crippen LogP contribution in [0.15, 0.2) is 71.9 Å². The lowest BCUT2D eigenvalue weighted by atomic mass is 10.1. The number of ether oxygens (including phenoxy) is 2. The summed E-state index contributed by atoms with van der Waals surface area (Å²) in [6.45, 7) is 0.502. The lowest BCUT2D eigenvalue weighted by Gasteiger charge is -2.11. The Balaban J connectivity index is 1.60. The largest absolute Gasteiger partial charge is 0.493 e. The molecule has 3 aromatic carbocycles. The molecule has 0 aliphatic heterocycles. The number of halogens is 1. The fourth-order valence-electron chi connectivity index (χ4n) is 2.59. The standard InChI is InChI=1S/C23H19FN2O3/c1-27-23-12-18(14-26-29-16-20-5-3-2-4-19(20)13-25)8-11-22(23)28-15-17-6-9-21(24)10-7-17/h2-12,14H,15-16H2,1H3/b26-14-. The molecule has 0 unspecified atom stereocenters. The van der Waals surface area contributed by atoms with E-state index in [0.717, 1.165) is 16.7 Å². The quantitative estimate of drug-likeness (QED) is 0.408. The zero-order chi connectivity index (χ0) is 20.5. The summed E-state index contributed by atoms with van der Waals surface area (Å²) in [5, 5.41) is 13.0. The highest BCUT2D eigenvalue weighted by Gasteiger charge is 2.06. The van der Waals surface area contributed by atoms with Gasteiger partial charge in [0.05, 0.1) is 25.0 Å². The molecule has 146 valence electrons. The van der Waals surface area contributed by atoms with Crippen molar-refractivity contribution in [2.24, 2.45) is 5.16 Å². The highest BCUT2D eigenvalue weighted by molar-refractivity contribution is 5.80. The van der Waals surface area contributed by atoms with Crippen molar-refractivity contribution < 1.29 is 18.7 Å². The number of methoxy groups -OCH3 is 1. The Bertz CT molecular complexity index is 1030. The van der Waals surface area contributed by atoms with E-state index in [-0.39, 0.29) is 12.4 Å². The maximum absolute atomic E-state index is 13.0. The van der Waals surface area contributed by atoms with Gasteiger partial charge in [-0.25, -0.2) is 4.39 Å². The molecule has 0 aliphatic carbocycles. The fourth-order valence-corrected chi connectivity index (χ4v) is 2.59. The zero-order valence-corrected chi connectivity index (χ0v) is 15.8. The maximum atomic E-state index is 13.0. The van der Waals surface area contributed by atoms with Crippen LogP contribution in [-0.2, 0) is 18.1 Å². The number of oxime groups is 1. The van der Waals surface area contributed by atoms with Gasteiger partial charge in [-0.2, -0.15) is 5.26 Å². The second kappa shape index (κ2) is 9.90. The van der Waals surface area contributed by atoms with Gasteiger partial charge in [0.15, 0.2) is 11.5 Å². The molecule has 0 bridgehead atoms. The van der Waals surface area contributed by atoms with Crippen LogP contribution in [0.5, 0.6) is 11.5 Å². The zero-order valence-electron chi connectivity index (χ0n) is 15.8. The normalized spacial score (nSPS) is 10.5. The third-order valence-corrected chi connectivity index (χ3v) is 4.13. The molecular weight excluding hydrogens is 371 g/mol. The number of nitriles is 1. The van der Waals surface area contributed by atoms with Gasteiger partial charge in [-0.1, -0.05) is 35.5 Å². The minimum absolute atomic E-state index is 0.205. The van der Waals surface area contributed by atoms with Gasteiger partial charge in [-0.3, -0.25) is 0 Å². The van der Waals surface area contributed by atoms with Crippen LogP contribution in [0.2, 0.25) is 0 Å². The molecule has 0 atom stereocenters. The molecule has 0 saturated heterocycles. The van der Waals surface area contributed by atoms with Crippen LogP contribution in [0.4, 0.5) is 4.39 Å². The van der Waals surface area contributed by atoms with Gasteiger partial charge in [0, 0.05) is 11.1 Å². The average molecular weight is 390 g/mol. The summed E-state index contributed by atoms with van der Waals surface area (Å²) in [5.74, 6) is 0.831. The lowest BCUT2D eigenvalue weighted by molar-refractivity contribution is 0.132.